The molecule has 0 spiro atoms. The number of piperazine rings is 1. The van der Waals surface area contributed by atoms with Gasteiger partial charge in [0.25, 0.3) is 0 Å². The smallest absolute Gasteiger partial charge is 0.312 e. The molecule has 3 heterocycles. The summed E-state index contributed by atoms with van der Waals surface area (Å²) in [4.78, 5) is 39.0. The number of nitrogens with zero attached hydrogens (tertiary/aromatic N) is 5. The second-order valence-electron chi connectivity index (χ2n) is 6.98. The van der Waals surface area contributed by atoms with E-state index in [1.165, 1.54) is 0 Å². The number of hydrogen-bond acceptors (Lipinski definition) is 5. The Morgan fingerprint density at radius 3 is 2.04 bits per heavy atom. The van der Waals surface area contributed by atoms with Gasteiger partial charge >= 0.3 is 11.8 Å². The monoisotopic (exact) mass is 331 g/mol. The molecular formula is C17H25N5O2. The number of likely N-dealkylation sites (tertiary alicyclic amines) is 1. The molecule has 7 heteroatoms. The average Bonchev–Trinajstić information content (AvgIpc) is 2.60. The molecule has 2 unspecified atom stereocenters. The zero-order valence-electron chi connectivity index (χ0n) is 14.4. The highest BCUT2D eigenvalue weighted by molar-refractivity contribution is 6.34. The van der Waals surface area contributed by atoms with Crippen molar-refractivity contribution in [3.8, 4) is 0 Å². The molecule has 24 heavy (non-hydrogen) atoms. The van der Waals surface area contributed by atoms with E-state index in [9.17, 15) is 9.59 Å². The summed E-state index contributed by atoms with van der Waals surface area (Å²) in [6, 6.07) is 1.78. The summed E-state index contributed by atoms with van der Waals surface area (Å²) in [5, 5.41) is 0. The van der Waals surface area contributed by atoms with Crippen LogP contribution < -0.4 is 4.90 Å². The number of piperidine rings is 1. The first-order valence-corrected chi connectivity index (χ1v) is 8.64. The van der Waals surface area contributed by atoms with Crippen molar-refractivity contribution in [3.05, 3.63) is 18.5 Å². The van der Waals surface area contributed by atoms with Crippen LogP contribution in [0.25, 0.3) is 0 Å². The molecule has 0 radical (unpaired) electrons. The molecule has 0 aromatic carbocycles. The fraction of sp³-hybridized carbons (Fsp3) is 0.647. The van der Waals surface area contributed by atoms with Crippen molar-refractivity contribution in [2.75, 3.05) is 44.2 Å². The molecule has 2 aliphatic heterocycles. The highest BCUT2D eigenvalue weighted by Crippen LogP contribution is 2.21. The molecule has 2 aliphatic rings. The van der Waals surface area contributed by atoms with Crippen LogP contribution in [0, 0.1) is 11.8 Å². The highest BCUT2D eigenvalue weighted by Gasteiger charge is 2.33. The van der Waals surface area contributed by atoms with Gasteiger partial charge in [0.1, 0.15) is 0 Å². The van der Waals surface area contributed by atoms with Crippen LogP contribution in [0.15, 0.2) is 18.5 Å². The Balaban J connectivity index is 1.56. The SMILES string of the molecule is CC1CC(C)CN(C(=O)C(=O)N2CCN(c3ncccn3)CC2)C1. The van der Waals surface area contributed by atoms with Gasteiger partial charge in [-0.25, -0.2) is 9.97 Å². The predicted molar refractivity (Wildman–Crippen MR) is 90.4 cm³/mol. The maximum Gasteiger partial charge on any atom is 0.312 e. The number of rotatable bonds is 1. The second-order valence-corrected chi connectivity index (χ2v) is 6.98. The van der Waals surface area contributed by atoms with Crippen LogP contribution in [-0.2, 0) is 9.59 Å². The lowest BCUT2D eigenvalue weighted by Crippen LogP contribution is -2.55. The van der Waals surface area contributed by atoms with Gasteiger partial charge in [-0.05, 0) is 24.3 Å². The maximum absolute atomic E-state index is 12.5. The van der Waals surface area contributed by atoms with Crippen molar-refractivity contribution in [1.29, 1.82) is 0 Å². The maximum atomic E-state index is 12.5. The number of carbonyl (C=O) groups excluding carboxylic acids is 2. The summed E-state index contributed by atoms with van der Waals surface area (Å²) in [5.41, 5.74) is 0. The van der Waals surface area contributed by atoms with E-state index in [0.717, 1.165) is 6.42 Å². The second kappa shape index (κ2) is 7.15. The largest absolute Gasteiger partial charge is 0.337 e. The Bertz CT molecular complexity index is 576. The van der Waals surface area contributed by atoms with Crippen molar-refractivity contribution in [2.24, 2.45) is 11.8 Å². The van der Waals surface area contributed by atoms with Gasteiger partial charge in [-0.2, -0.15) is 0 Å². The van der Waals surface area contributed by atoms with Crippen molar-refractivity contribution in [3.63, 3.8) is 0 Å². The average molecular weight is 331 g/mol. The third-order valence-electron chi connectivity index (χ3n) is 4.74. The van der Waals surface area contributed by atoms with E-state index >= 15 is 0 Å². The number of hydrogen-bond donors (Lipinski definition) is 0. The molecule has 7 nitrogen and oxygen atoms in total. The molecule has 0 aliphatic carbocycles. The van der Waals surface area contributed by atoms with Crippen LogP contribution in [0.4, 0.5) is 5.95 Å². The third kappa shape index (κ3) is 3.66. The number of amides is 2. The topological polar surface area (TPSA) is 69.6 Å². The minimum atomic E-state index is -0.370. The van der Waals surface area contributed by atoms with E-state index in [-0.39, 0.29) is 11.8 Å². The lowest BCUT2D eigenvalue weighted by atomic mass is 9.92. The lowest BCUT2D eigenvalue weighted by Gasteiger charge is -2.38. The van der Waals surface area contributed by atoms with Crippen molar-refractivity contribution in [2.45, 2.75) is 20.3 Å². The van der Waals surface area contributed by atoms with Gasteiger partial charge in [-0.1, -0.05) is 13.8 Å². The molecule has 2 saturated heterocycles. The van der Waals surface area contributed by atoms with E-state index in [2.05, 4.69) is 23.8 Å². The van der Waals surface area contributed by atoms with E-state index in [1.807, 2.05) is 4.90 Å². The summed E-state index contributed by atoms with van der Waals surface area (Å²) < 4.78 is 0. The normalized spacial score (nSPS) is 24.8. The standard InChI is InChI=1S/C17H25N5O2/c1-13-10-14(2)12-22(11-13)16(24)15(23)20-6-8-21(9-7-20)17-18-4-3-5-19-17/h3-5,13-14H,6-12H2,1-2H3. The predicted octanol–water partition coefficient (Wildman–Crippen LogP) is 0.630. The van der Waals surface area contributed by atoms with Gasteiger partial charge in [0.15, 0.2) is 0 Å². The van der Waals surface area contributed by atoms with E-state index < -0.39 is 0 Å². The Morgan fingerprint density at radius 2 is 1.46 bits per heavy atom. The molecule has 0 saturated carbocycles. The molecule has 1 aromatic heterocycles. The molecule has 0 bridgehead atoms. The summed E-state index contributed by atoms with van der Waals surface area (Å²) >= 11 is 0. The quantitative estimate of drug-likeness (QED) is 0.706. The molecule has 1 aromatic rings. The number of carbonyl (C=O) groups is 2. The summed E-state index contributed by atoms with van der Waals surface area (Å²) in [6.07, 6.45) is 4.54. The zero-order chi connectivity index (χ0) is 17.1. The first-order valence-electron chi connectivity index (χ1n) is 8.64. The Morgan fingerprint density at radius 1 is 0.917 bits per heavy atom. The van der Waals surface area contributed by atoms with Gasteiger partial charge in [0, 0.05) is 51.7 Å². The van der Waals surface area contributed by atoms with E-state index in [4.69, 9.17) is 0 Å². The van der Waals surface area contributed by atoms with Gasteiger partial charge in [-0.15, -0.1) is 0 Å². The van der Waals surface area contributed by atoms with Crippen LogP contribution in [0.5, 0.6) is 0 Å². The van der Waals surface area contributed by atoms with Crippen LogP contribution in [0.1, 0.15) is 20.3 Å². The molecule has 130 valence electrons. The lowest BCUT2D eigenvalue weighted by molar-refractivity contribution is -0.153. The van der Waals surface area contributed by atoms with Crippen LogP contribution in [-0.4, -0.2) is 70.9 Å². The fourth-order valence-electron chi connectivity index (χ4n) is 3.66. The molecule has 2 atom stereocenters. The fourth-order valence-corrected chi connectivity index (χ4v) is 3.66. The van der Waals surface area contributed by atoms with Crippen molar-refractivity contribution < 1.29 is 9.59 Å². The Hall–Kier alpha value is -2.18. The van der Waals surface area contributed by atoms with Gasteiger partial charge in [0.2, 0.25) is 5.95 Å². The van der Waals surface area contributed by atoms with Gasteiger partial charge in [0.05, 0.1) is 0 Å². The number of anilines is 1. The summed E-state index contributed by atoms with van der Waals surface area (Å²) in [5.74, 6) is 0.868. The minimum Gasteiger partial charge on any atom is -0.337 e. The van der Waals surface area contributed by atoms with E-state index in [0.29, 0.717) is 57.1 Å². The first kappa shape index (κ1) is 16.7. The Labute approximate surface area is 142 Å². The molecule has 0 N–H and O–H groups in total. The minimum absolute atomic E-state index is 0.349. The van der Waals surface area contributed by atoms with Crippen molar-refractivity contribution in [1.82, 2.24) is 19.8 Å². The van der Waals surface area contributed by atoms with E-state index in [1.54, 1.807) is 28.3 Å². The molecule has 2 amide bonds. The van der Waals surface area contributed by atoms with Crippen LogP contribution in [0.3, 0.4) is 0 Å². The first-order chi connectivity index (χ1) is 11.5. The summed E-state index contributed by atoms with van der Waals surface area (Å²) in [7, 11) is 0. The molecule has 3 rings (SSSR count). The Kier molecular flexibility index (Phi) is 4.97. The summed E-state index contributed by atoms with van der Waals surface area (Å²) in [6.45, 7) is 8.01. The van der Waals surface area contributed by atoms with Crippen molar-refractivity contribution >= 4 is 17.8 Å². The molecule has 2 fully saturated rings. The third-order valence-corrected chi connectivity index (χ3v) is 4.74. The van der Waals surface area contributed by atoms with Crippen LogP contribution in [0.2, 0.25) is 0 Å². The molecular weight excluding hydrogens is 306 g/mol. The van der Waals surface area contributed by atoms with Crippen LogP contribution >= 0.6 is 0 Å². The zero-order valence-corrected chi connectivity index (χ0v) is 14.4. The highest BCUT2D eigenvalue weighted by atomic mass is 16.2. The number of aromatic nitrogens is 2. The van der Waals surface area contributed by atoms with Gasteiger partial charge < -0.3 is 14.7 Å². The van der Waals surface area contributed by atoms with Gasteiger partial charge in [-0.3, -0.25) is 9.59 Å².